The number of nitrogens with one attached hydrogen (secondary N) is 1. The number of hydrogen-bond donors (Lipinski definition) is 1. The van der Waals surface area contributed by atoms with E-state index in [1.54, 1.807) is 0 Å². The molecule has 1 aromatic carbocycles. The Hall–Kier alpha value is -1.12. The molecule has 2 rings (SSSR count). The highest BCUT2D eigenvalue weighted by atomic mass is 15.2. The molecule has 98 valence electrons. The molecule has 1 saturated heterocycles. The summed E-state index contributed by atoms with van der Waals surface area (Å²) in [5.41, 5.74) is 4.31. The van der Waals surface area contributed by atoms with Crippen LogP contribution in [0.3, 0.4) is 0 Å². The van der Waals surface area contributed by atoms with Gasteiger partial charge in [-0.2, -0.15) is 0 Å². The molecule has 0 amide bonds. The third-order valence-corrected chi connectivity index (χ3v) is 3.86. The molecule has 1 atom stereocenters. The minimum Gasteiger partial charge on any atom is -0.314 e. The molecule has 1 heterocycles. The third kappa shape index (κ3) is 2.82. The summed E-state index contributed by atoms with van der Waals surface area (Å²) in [6.45, 7) is 12.8. The monoisotopic (exact) mass is 244 g/mol. The number of benzene rings is 1. The highest BCUT2D eigenvalue weighted by Crippen LogP contribution is 2.30. The molecule has 1 aliphatic rings. The molecular weight excluding hydrogens is 220 g/mol. The Bertz CT molecular complexity index is 385. The van der Waals surface area contributed by atoms with Gasteiger partial charge in [-0.3, -0.25) is 4.90 Å². The zero-order valence-electron chi connectivity index (χ0n) is 11.6. The second-order valence-electron chi connectivity index (χ2n) is 5.13. The van der Waals surface area contributed by atoms with Crippen molar-refractivity contribution < 1.29 is 0 Å². The summed E-state index contributed by atoms with van der Waals surface area (Å²) >= 11 is 0. The van der Waals surface area contributed by atoms with Crippen molar-refractivity contribution in [1.82, 2.24) is 10.2 Å². The van der Waals surface area contributed by atoms with Crippen LogP contribution in [0.2, 0.25) is 0 Å². The lowest BCUT2D eigenvalue weighted by Gasteiger charge is -2.36. The quantitative estimate of drug-likeness (QED) is 0.819. The zero-order valence-corrected chi connectivity index (χ0v) is 11.6. The molecule has 2 heteroatoms. The van der Waals surface area contributed by atoms with E-state index in [4.69, 9.17) is 0 Å². The third-order valence-electron chi connectivity index (χ3n) is 3.86. The largest absolute Gasteiger partial charge is 0.314 e. The van der Waals surface area contributed by atoms with Crippen molar-refractivity contribution in [3.63, 3.8) is 0 Å². The Morgan fingerprint density at radius 1 is 1.28 bits per heavy atom. The highest BCUT2D eigenvalue weighted by Gasteiger charge is 2.23. The van der Waals surface area contributed by atoms with Crippen molar-refractivity contribution in [3.8, 4) is 0 Å². The van der Waals surface area contributed by atoms with Gasteiger partial charge in [-0.05, 0) is 37.0 Å². The number of piperazine rings is 1. The lowest BCUT2D eigenvalue weighted by molar-refractivity contribution is 0.173. The molecule has 0 unspecified atom stereocenters. The maximum absolute atomic E-state index is 3.94. The van der Waals surface area contributed by atoms with E-state index >= 15 is 0 Å². The van der Waals surface area contributed by atoms with Crippen LogP contribution in [0.4, 0.5) is 0 Å². The second-order valence-corrected chi connectivity index (χ2v) is 5.13. The Labute approximate surface area is 111 Å². The first kappa shape index (κ1) is 13.3. The van der Waals surface area contributed by atoms with Crippen LogP contribution in [0.5, 0.6) is 0 Å². The first-order valence-electron chi connectivity index (χ1n) is 6.86. The van der Waals surface area contributed by atoms with E-state index in [0.29, 0.717) is 6.04 Å². The van der Waals surface area contributed by atoms with Gasteiger partial charge in [0.05, 0.1) is 0 Å². The van der Waals surface area contributed by atoms with Gasteiger partial charge in [-0.25, -0.2) is 0 Å². The Morgan fingerprint density at radius 2 is 1.89 bits per heavy atom. The van der Waals surface area contributed by atoms with Gasteiger partial charge in [-0.15, -0.1) is 6.58 Å². The number of rotatable bonds is 4. The van der Waals surface area contributed by atoms with Crippen LogP contribution in [0.1, 0.15) is 29.2 Å². The Balaban J connectivity index is 2.30. The average molecular weight is 244 g/mol. The van der Waals surface area contributed by atoms with Crippen molar-refractivity contribution in [3.05, 3.63) is 47.5 Å². The number of aryl methyl sites for hydroxylation is 2. The fourth-order valence-corrected chi connectivity index (χ4v) is 2.95. The summed E-state index contributed by atoms with van der Waals surface area (Å²) in [4.78, 5) is 2.59. The van der Waals surface area contributed by atoms with Crippen LogP contribution >= 0.6 is 0 Å². The summed E-state index contributed by atoms with van der Waals surface area (Å²) < 4.78 is 0. The van der Waals surface area contributed by atoms with Crippen molar-refractivity contribution in [2.24, 2.45) is 0 Å². The highest BCUT2D eigenvalue weighted by molar-refractivity contribution is 5.36. The summed E-state index contributed by atoms with van der Waals surface area (Å²) in [5.74, 6) is 0. The summed E-state index contributed by atoms with van der Waals surface area (Å²) in [7, 11) is 0. The number of nitrogens with zero attached hydrogens (tertiary/aromatic N) is 1. The molecule has 0 saturated carbocycles. The minimum atomic E-state index is 0.491. The smallest absolute Gasteiger partial charge is 0.0388 e. The van der Waals surface area contributed by atoms with E-state index in [1.807, 2.05) is 0 Å². The molecule has 18 heavy (non-hydrogen) atoms. The molecule has 0 aromatic heterocycles. The van der Waals surface area contributed by atoms with Crippen LogP contribution in [0, 0.1) is 13.8 Å². The first-order valence-corrected chi connectivity index (χ1v) is 6.86. The van der Waals surface area contributed by atoms with E-state index in [2.05, 4.69) is 54.9 Å². The molecule has 0 radical (unpaired) electrons. The van der Waals surface area contributed by atoms with E-state index in [1.165, 1.54) is 16.7 Å². The number of hydrogen-bond acceptors (Lipinski definition) is 2. The Morgan fingerprint density at radius 3 is 2.44 bits per heavy atom. The van der Waals surface area contributed by atoms with Crippen LogP contribution in [-0.2, 0) is 0 Å². The van der Waals surface area contributed by atoms with E-state index < -0.39 is 0 Å². The molecule has 0 spiro atoms. The lowest BCUT2D eigenvalue weighted by atomic mass is 9.92. The van der Waals surface area contributed by atoms with Crippen molar-refractivity contribution in [2.45, 2.75) is 26.3 Å². The Kier molecular flexibility index (Phi) is 4.56. The summed E-state index contributed by atoms with van der Waals surface area (Å²) in [6.07, 6.45) is 3.09. The van der Waals surface area contributed by atoms with Crippen LogP contribution in [-0.4, -0.2) is 31.1 Å². The normalized spacial score (nSPS) is 18.6. The van der Waals surface area contributed by atoms with Gasteiger partial charge in [-0.1, -0.05) is 24.3 Å². The van der Waals surface area contributed by atoms with Gasteiger partial charge in [0.1, 0.15) is 0 Å². The molecule has 2 nitrogen and oxygen atoms in total. The van der Waals surface area contributed by atoms with Gasteiger partial charge in [0.15, 0.2) is 0 Å². The fourth-order valence-electron chi connectivity index (χ4n) is 2.95. The van der Waals surface area contributed by atoms with Crippen molar-refractivity contribution in [1.29, 1.82) is 0 Å². The topological polar surface area (TPSA) is 15.3 Å². The molecule has 1 aliphatic heterocycles. The standard InChI is InChI=1S/C16H24N2/c1-4-6-15(18-11-9-17-10-12-18)16-13(2)7-5-8-14(16)3/h4-5,7-8,15,17H,1,6,9-12H2,2-3H3/t15-/m0/s1. The summed E-state index contributed by atoms with van der Waals surface area (Å²) in [6, 6.07) is 7.09. The SMILES string of the molecule is C=CC[C@@H](c1c(C)cccc1C)N1CCNCC1. The maximum atomic E-state index is 3.94. The predicted octanol–water partition coefficient (Wildman–Crippen LogP) is 2.83. The van der Waals surface area contributed by atoms with Crippen LogP contribution in [0.25, 0.3) is 0 Å². The minimum absolute atomic E-state index is 0.491. The second kappa shape index (κ2) is 6.17. The van der Waals surface area contributed by atoms with Crippen molar-refractivity contribution >= 4 is 0 Å². The molecule has 1 aromatic rings. The van der Waals surface area contributed by atoms with Crippen molar-refractivity contribution in [2.75, 3.05) is 26.2 Å². The van der Waals surface area contributed by atoms with Gasteiger partial charge in [0, 0.05) is 32.2 Å². The van der Waals surface area contributed by atoms with Gasteiger partial charge in [0.25, 0.3) is 0 Å². The predicted molar refractivity (Wildman–Crippen MR) is 77.9 cm³/mol. The fraction of sp³-hybridized carbons (Fsp3) is 0.500. The zero-order chi connectivity index (χ0) is 13.0. The van der Waals surface area contributed by atoms with Crippen LogP contribution in [0.15, 0.2) is 30.9 Å². The van der Waals surface area contributed by atoms with E-state index in [9.17, 15) is 0 Å². The molecule has 0 bridgehead atoms. The summed E-state index contributed by atoms with van der Waals surface area (Å²) in [5, 5.41) is 3.42. The van der Waals surface area contributed by atoms with Gasteiger partial charge >= 0.3 is 0 Å². The average Bonchev–Trinajstić information content (AvgIpc) is 2.38. The van der Waals surface area contributed by atoms with E-state index in [0.717, 1.165) is 32.6 Å². The first-order chi connectivity index (χ1) is 8.74. The van der Waals surface area contributed by atoms with Gasteiger partial charge in [0.2, 0.25) is 0 Å². The lowest BCUT2D eigenvalue weighted by Crippen LogP contribution is -2.45. The molecule has 0 aliphatic carbocycles. The maximum Gasteiger partial charge on any atom is 0.0388 e. The van der Waals surface area contributed by atoms with Gasteiger partial charge < -0.3 is 5.32 Å². The van der Waals surface area contributed by atoms with Crippen LogP contribution < -0.4 is 5.32 Å². The molecule has 1 N–H and O–H groups in total. The molecule has 1 fully saturated rings. The molecular formula is C16H24N2. The van der Waals surface area contributed by atoms with E-state index in [-0.39, 0.29) is 0 Å².